The quantitative estimate of drug-likeness (QED) is 0.825. The van der Waals surface area contributed by atoms with E-state index < -0.39 is 18.7 Å². The molecule has 5 heteroatoms. The summed E-state index contributed by atoms with van der Waals surface area (Å²) in [6, 6.07) is 1.90. The number of aryl methyl sites for hydroxylation is 1. The van der Waals surface area contributed by atoms with Gasteiger partial charge < -0.3 is 9.67 Å². The minimum atomic E-state index is -4.06. The van der Waals surface area contributed by atoms with Gasteiger partial charge >= 0.3 is 6.18 Å². The largest absolute Gasteiger partial charge is 0.389 e. The number of unbranched alkanes of at least 4 members (excludes halogenated alkanes) is 1. The Morgan fingerprint density at radius 3 is 2.70 bits per heavy atom. The Bertz CT molecular complexity index is 462. The van der Waals surface area contributed by atoms with Crippen molar-refractivity contribution in [3.8, 4) is 0 Å². The fraction of sp³-hybridized carbons (Fsp3) is 0.733. The molecule has 2 nitrogen and oxygen atoms in total. The minimum absolute atomic E-state index is 0.0362. The van der Waals surface area contributed by atoms with Gasteiger partial charge in [-0.3, -0.25) is 0 Å². The van der Waals surface area contributed by atoms with Crippen LogP contribution < -0.4 is 0 Å². The van der Waals surface area contributed by atoms with Gasteiger partial charge in [0.25, 0.3) is 0 Å². The van der Waals surface area contributed by atoms with Gasteiger partial charge in [-0.1, -0.05) is 13.8 Å². The molecule has 1 aliphatic carbocycles. The lowest BCUT2D eigenvalue weighted by Crippen LogP contribution is -2.26. The number of rotatable bonds is 4. The highest BCUT2D eigenvalue weighted by Gasteiger charge is 2.33. The zero-order valence-electron chi connectivity index (χ0n) is 12.0. The Labute approximate surface area is 117 Å². The molecule has 0 amide bonds. The van der Waals surface area contributed by atoms with E-state index in [2.05, 4.69) is 13.8 Å². The lowest BCUT2D eigenvalue weighted by molar-refractivity contribution is -0.135. The van der Waals surface area contributed by atoms with Crippen molar-refractivity contribution in [3.63, 3.8) is 0 Å². The van der Waals surface area contributed by atoms with Gasteiger partial charge in [-0.2, -0.15) is 13.2 Å². The predicted molar refractivity (Wildman–Crippen MR) is 71.4 cm³/mol. The maximum absolute atomic E-state index is 12.1. The molecule has 0 aromatic carbocycles. The van der Waals surface area contributed by atoms with Crippen molar-refractivity contribution in [2.45, 2.75) is 64.8 Å². The number of aromatic nitrogens is 1. The number of aliphatic hydroxyl groups excluding tert-OH is 1. The molecule has 0 aliphatic heterocycles. The lowest BCUT2D eigenvalue weighted by Gasteiger charge is -2.34. The summed E-state index contributed by atoms with van der Waals surface area (Å²) in [4.78, 5) is 0. The summed E-state index contributed by atoms with van der Waals surface area (Å²) in [5.74, 6) is 0. The third kappa shape index (κ3) is 3.78. The molecule has 0 radical (unpaired) electrons. The van der Waals surface area contributed by atoms with Crippen molar-refractivity contribution in [1.82, 2.24) is 4.57 Å². The molecular weight excluding hydrogens is 267 g/mol. The van der Waals surface area contributed by atoms with E-state index in [4.69, 9.17) is 0 Å². The Hall–Kier alpha value is -0.970. The van der Waals surface area contributed by atoms with Gasteiger partial charge in [0.2, 0.25) is 0 Å². The van der Waals surface area contributed by atoms with Gasteiger partial charge in [0.1, 0.15) is 0 Å². The number of hydrogen-bond acceptors (Lipinski definition) is 1. The third-order valence-electron chi connectivity index (χ3n) is 3.97. The smallest absolute Gasteiger partial charge is 0.388 e. The van der Waals surface area contributed by atoms with Crippen molar-refractivity contribution in [3.05, 3.63) is 23.5 Å². The molecule has 20 heavy (non-hydrogen) atoms. The van der Waals surface area contributed by atoms with E-state index in [9.17, 15) is 18.3 Å². The lowest BCUT2D eigenvalue weighted by atomic mass is 9.75. The van der Waals surface area contributed by atoms with Crippen LogP contribution in [0.2, 0.25) is 0 Å². The number of fused-ring (bicyclic) bond motifs is 1. The second kappa shape index (κ2) is 5.43. The fourth-order valence-corrected chi connectivity index (χ4v) is 3.01. The topological polar surface area (TPSA) is 25.2 Å². The molecule has 0 saturated carbocycles. The highest BCUT2D eigenvalue weighted by Crippen LogP contribution is 2.41. The van der Waals surface area contributed by atoms with Crippen LogP contribution in [0, 0.1) is 5.41 Å². The highest BCUT2D eigenvalue weighted by atomic mass is 19.4. The van der Waals surface area contributed by atoms with Crippen molar-refractivity contribution in [1.29, 1.82) is 0 Å². The van der Waals surface area contributed by atoms with E-state index >= 15 is 0 Å². The molecule has 0 spiro atoms. The third-order valence-corrected chi connectivity index (χ3v) is 3.97. The first-order chi connectivity index (χ1) is 9.18. The monoisotopic (exact) mass is 289 g/mol. The van der Waals surface area contributed by atoms with Crippen molar-refractivity contribution in [2.24, 2.45) is 5.41 Å². The zero-order chi connectivity index (χ0) is 15.0. The van der Waals surface area contributed by atoms with Gasteiger partial charge in [0.05, 0.1) is 6.10 Å². The molecule has 1 heterocycles. The fourth-order valence-electron chi connectivity index (χ4n) is 3.01. The molecule has 114 valence electrons. The van der Waals surface area contributed by atoms with Crippen molar-refractivity contribution < 1.29 is 18.3 Å². The maximum atomic E-state index is 12.1. The average molecular weight is 289 g/mol. The Morgan fingerprint density at radius 2 is 2.05 bits per heavy atom. The number of halogens is 3. The van der Waals surface area contributed by atoms with Gasteiger partial charge in [-0.05, 0) is 37.2 Å². The van der Waals surface area contributed by atoms with E-state index in [1.54, 1.807) is 0 Å². The highest BCUT2D eigenvalue weighted by molar-refractivity contribution is 5.29. The Morgan fingerprint density at radius 1 is 1.35 bits per heavy atom. The van der Waals surface area contributed by atoms with Crippen molar-refractivity contribution in [2.75, 3.05) is 0 Å². The Kier molecular flexibility index (Phi) is 4.19. The van der Waals surface area contributed by atoms with Crippen LogP contribution in [0.25, 0.3) is 0 Å². The van der Waals surface area contributed by atoms with Crippen LogP contribution in [-0.2, 0) is 13.0 Å². The zero-order valence-corrected chi connectivity index (χ0v) is 12.0. The number of nitrogens with zero attached hydrogens (tertiary/aromatic N) is 1. The second-order valence-electron chi connectivity index (χ2n) is 6.54. The van der Waals surface area contributed by atoms with Gasteiger partial charge in [0, 0.05) is 30.4 Å². The molecule has 1 aliphatic rings. The predicted octanol–water partition coefficient (Wildman–Crippen LogP) is 4.23. The number of aliphatic hydroxyl groups is 1. The summed E-state index contributed by atoms with van der Waals surface area (Å²) >= 11 is 0. The molecule has 2 rings (SSSR count). The molecule has 1 aromatic heterocycles. The van der Waals surface area contributed by atoms with Crippen LogP contribution in [0.5, 0.6) is 0 Å². The first kappa shape index (κ1) is 15.4. The first-order valence-corrected chi connectivity index (χ1v) is 7.11. The summed E-state index contributed by atoms with van der Waals surface area (Å²) in [5, 5.41) is 10.1. The summed E-state index contributed by atoms with van der Waals surface area (Å²) in [6.45, 7) is 4.81. The van der Waals surface area contributed by atoms with E-state index in [-0.39, 0.29) is 11.8 Å². The van der Waals surface area contributed by atoms with Crippen LogP contribution in [0.1, 0.15) is 56.9 Å². The summed E-state index contributed by atoms with van der Waals surface area (Å²) < 4.78 is 38.3. The molecule has 1 N–H and O–H groups in total. The van der Waals surface area contributed by atoms with Crippen LogP contribution in [0.3, 0.4) is 0 Å². The molecule has 1 aromatic rings. The first-order valence-electron chi connectivity index (χ1n) is 7.11. The van der Waals surface area contributed by atoms with Gasteiger partial charge in [-0.25, -0.2) is 0 Å². The van der Waals surface area contributed by atoms with Crippen LogP contribution in [0.15, 0.2) is 12.3 Å². The SMILES string of the molecule is CC1(C)Cc2c(ccn2CCCCC(F)(F)F)C(O)C1. The molecular formula is C15H22F3NO. The number of hydrogen-bond donors (Lipinski definition) is 1. The van der Waals surface area contributed by atoms with Crippen LogP contribution >= 0.6 is 0 Å². The van der Waals surface area contributed by atoms with Crippen LogP contribution in [-0.4, -0.2) is 15.8 Å². The molecule has 0 saturated heterocycles. The number of alkyl halides is 3. The maximum Gasteiger partial charge on any atom is 0.389 e. The van der Waals surface area contributed by atoms with Gasteiger partial charge in [-0.15, -0.1) is 0 Å². The molecule has 0 fully saturated rings. The Balaban J connectivity index is 1.98. The van der Waals surface area contributed by atoms with Gasteiger partial charge in [0.15, 0.2) is 0 Å². The van der Waals surface area contributed by atoms with E-state index in [0.717, 1.165) is 24.1 Å². The van der Waals surface area contributed by atoms with Crippen LogP contribution in [0.4, 0.5) is 13.2 Å². The standard InChI is InChI=1S/C15H22F3NO/c1-14(2)9-12-11(13(20)10-14)5-8-19(12)7-4-3-6-15(16,17)18/h5,8,13,20H,3-4,6-7,9-10H2,1-2H3. The summed E-state index contributed by atoms with van der Waals surface area (Å²) in [5.41, 5.74) is 2.06. The summed E-state index contributed by atoms with van der Waals surface area (Å²) in [6.07, 6.45) is -1.07. The van der Waals surface area contributed by atoms with Crippen molar-refractivity contribution >= 4 is 0 Å². The van der Waals surface area contributed by atoms with E-state index in [1.165, 1.54) is 0 Å². The molecule has 1 atom stereocenters. The second-order valence-corrected chi connectivity index (χ2v) is 6.54. The molecule has 0 bridgehead atoms. The van der Waals surface area contributed by atoms with E-state index in [0.29, 0.717) is 13.0 Å². The summed E-state index contributed by atoms with van der Waals surface area (Å²) in [7, 11) is 0. The van der Waals surface area contributed by atoms with E-state index in [1.807, 2.05) is 16.8 Å². The minimum Gasteiger partial charge on any atom is -0.388 e. The average Bonchev–Trinajstić information content (AvgIpc) is 2.65. The normalized spacial score (nSPS) is 21.8. The molecule has 1 unspecified atom stereocenters.